The summed E-state index contributed by atoms with van der Waals surface area (Å²) >= 11 is 0. The van der Waals surface area contributed by atoms with E-state index >= 15 is 0 Å². The van der Waals surface area contributed by atoms with Crippen molar-refractivity contribution in [3.8, 4) is 0 Å². The summed E-state index contributed by atoms with van der Waals surface area (Å²) in [6.07, 6.45) is 2.53. The Morgan fingerprint density at radius 2 is 1.10 bits per heavy atom. The van der Waals surface area contributed by atoms with E-state index in [2.05, 4.69) is 10.6 Å². The second-order valence-corrected chi connectivity index (χ2v) is 6.66. The molecule has 0 aliphatic rings. The van der Waals surface area contributed by atoms with Crippen LogP contribution < -0.4 is 21.6 Å². The van der Waals surface area contributed by atoms with Crippen molar-refractivity contribution in [2.24, 2.45) is 0 Å². The highest BCUT2D eigenvalue weighted by molar-refractivity contribution is 6.59. The summed E-state index contributed by atoms with van der Waals surface area (Å²) in [6, 6.07) is 12.7. The van der Waals surface area contributed by atoms with Crippen molar-refractivity contribution < 1.29 is 29.7 Å². The maximum absolute atomic E-state index is 12.0. The molecule has 0 aromatic heterocycles. The molecule has 0 radical (unpaired) electrons. The van der Waals surface area contributed by atoms with Gasteiger partial charge in [-0.05, 0) is 48.0 Å². The number of anilines is 2. The first kappa shape index (κ1) is 22.6. The molecule has 29 heavy (non-hydrogen) atoms. The normalized spacial score (nSPS) is 10.3. The summed E-state index contributed by atoms with van der Waals surface area (Å²) in [7, 11) is -3.18. The van der Waals surface area contributed by atoms with Crippen molar-refractivity contribution >= 4 is 48.4 Å². The standard InChI is InChI=1S/C19H24B2N2O6/c24-18(22-16-8-4-6-14(12-16)20(26)27)10-2-1-3-11-19(25)23-17-9-5-7-15(13-17)21(28)29/h4-9,12-13,26-29H,1-3,10-11H2,(H,22,24)(H,23,25). The summed E-state index contributed by atoms with van der Waals surface area (Å²) in [4.78, 5) is 23.9. The molecule has 0 fully saturated rings. The Kier molecular flexibility index (Phi) is 8.88. The first-order valence-corrected chi connectivity index (χ1v) is 9.37. The number of carbonyl (C=O) groups excluding carboxylic acids is 2. The van der Waals surface area contributed by atoms with Crippen LogP contribution in [0, 0.1) is 0 Å². The van der Waals surface area contributed by atoms with Crippen molar-refractivity contribution in [3.05, 3.63) is 48.5 Å². The van der Waals surface area contributed by atoms with E-state index in [0.717, 1.165) is 0 Å². The first-order chi connectivity index (χ1) is 13.8. The van der Waals surface area contributed by atoms with Crippen LogP contribution in [-0.2, 0) is 9.59 Å². The van der Waals surface area contributed by atoms with Gasteiger partial charge in [-0.1, -0.05) is 30.7 Å². The van der Waals surface area contributed by atoms with Crippen LogP contribution >= 0.6 is 0 Å². The second-order valence-electron chi connectivity index (χ2n) is 6.66. The van der Waals surface area contributed by atoms with Gasteiger partial charge in [0.1, 0.15) is 0 Å². The monoisotopic (exact) mass is 398 g/mol. The Morgan fingerprint density at radius 1 is 0.690 bits per heavy atom. The van der Waals surface area contributed by atoms with E-state index in [1.54, 1.807) is 36.4 Å². The van der Waals surface area contributed by atoms with E-state index in [0.29, 0.717) is 54.4 Å². The van der Waals surface area contributed by atoms with E-state index in [4.69, 9.17) is 20.1 Å². The Balaban J connectivity index is 1.65. The van der Waals surface area contributed by atoms with Gasteiger partial charge in [0, 0.05) is 24.2 Å². The van der Waals surface area contributed by atoms with E-state index in [1.165, 1.54) is 12.1 Å². The van der Waals surface area contributed by atoms with E-state index in [1.807, 2.05) is 0 Å². The second kappa shape index (κ2) is 11.4. The molecule has 10 heteroatoms. The average Bonchev–Trinajstić information content (AvgIpc) is 2.68. The van der Waals surface area contributed by atoms with Crippen LogP contribution in [0.3, 0.4) is 0 Å². The molecular formula is C19H24B2N2O6. The lowest BCUT2D eigenvalue weighted by Gasteiger charge is -2.08. The number of amides is 2. The molecule has 2 aromatic rings. The van der Waals surface area contributed by atoms with Crippen LogP contribution in [0.2, 0.25) is 0 Å². The topological polar surface area (TPSA) is 139 Å². The Morgan fingerprint density at radius 3 is 1.48 bits per heavy atom. The zero-order valence-corrected chi connectivity index (χ0v) is 15.9. The highest BCUT2D eigenvalue weighted by atomic mass is 16.4. The Bertz CT molecular complexity index is 764. The molecule has 8 nitrogen and oxygen atoms in total. The molecule has 2 aromatic carbocycles. The van der Waals surface area contributed by atoms with Gasteiger partial charge in [-0.3, -0.25) is 9.59 Å². The molecule has 0 unspecified atom stereocenters. The molecule has 0 saturated heterocycles. The van der Waals surface area contributed by atoms with E-state index < -0.39 is 14.2 Å². The SMILES string of the molecule is O=C(CCCCCC(=O)Nc1cccc(B(O)O)c1)Nc1cccc(B(O)O)c1. The Hall–Kier alpha value is -2.65. The van der Waals surface area contributed by atoms with Gasteiger partial charge in [0.15, 0.2) is 0 Å². The van der Waals surface area contributed by atoms with Crippen LogP contribution in [-0.4, -0.2) is 46.1 Å². The van der Waals surface area contributed by atoms with Gasteiger partial charge >= 0.3 is 14.2 Å². The molecular weight excluding hydrogens is 374 g/mol. The molecule has 0 heterocycles. The van der Waals surface area contributed by atoms with Crippen LogP contribution in [0.1, 0.15) is 32.1 Å². The third kappa shape index (κ3) is 8.08. The molecule has 2 amide bonds. The van der Waals surface area contributed by atoms with Gasteiger partial charge in [0.25, 0.3) is 0 Å². The number of carbonyl (C=O) groups is 2. The zero-order valence-electron chi connectivity index (χ0n) is 15.9. The van der Waals surface area contributed by atoms with Crippen molar-refractivity contribution in [3.63, 3.8) is 0 Å². The van der Waals surface area contributed by atoms with Gasteiger partial charge in [0.05, 0.1) is 0 Å². The van der Waals surface area contributed by atoms with Gasteiger partial charge < -0.3 is 30.7 Å². The fourth-order valence-corrected chi connectivity index (χ4v) is 2.75. The Labute approximate surface area is 169 Å². The van der Waals surface area contributed by atoms with E-state index in [9.17, 15) is 9.59 Å². The number of benzene rings is 2. The summed E-state index contributed by atoms with van der Waals surface area (Å²) in [5.74, 6) is -0.364. The maximum Gasteiger partial charge on any atom is 0.488 e. The third-order valence-corrected chi connectivity index (χ3v) is 4.24. The van der Waals surface area contributed by atoms with Crippen molar-refractivity contribution in [1.29, 1.82) is 0 Å². The molecule has 2 rings (SSSR count). The lowest BCUT2D eigenvalue weighted by molar-refractivity contribution is -0.116. The minimum atomic E-state index is -1.59. The minimum absolute atomic E-state index is 0.182. The highest BCUT2D eigenvalue weighted by Gasteiger charge is 2.13. The van der Waals surface area contributed by atoms with Crippen LogP contribution in [0.25, 0.3) is 0 Å². The molecule has 0 aliphatic carbocycles. The average molecular weight is 398 g/mol. The minimum Gasteiger partial charge on any atom is -0.423 e. The fourth-order valence-electron chi connectivity index (χ4n) is 2.75. The highest BCUT2D eigenvalue weighted by Crippen LogP contribution is 2.10. The molecule has 0 aliphatic heterocycles. The lowest BCUT2D eigenvalue weighted by Crippen LogP contribution is -2.30. The number of rotatable bonds is 10. The van der Waals surface area contributed by atoms with Crippen molar-refractivity contribution in [2.75, 3.05) is 10.6 Å². The van der Waals surface area contributed by atoms with E-state index in [-0.39, 0.29) is 11.8 Å². The van der Waals surface area contributed by atoms with Crippen LogP contribution in [0.4, 0.5) is 11.4 Å². The molecule has 152 valence electrons. The first-order valence-electron chi connectivity index (χ1n) is 9.37. The van der Waals surface area contributed by atoms with Crippen LogP contribution in [0.5, 0.6) is 0 Å². The summed E-state index contributed by atoms with van der Waals surface area (Å²) in [6.45, 7) is 0. The molecule has 0 bridgehead atoms. The van der Waals surface area contributed by atoms with Gasteiger partial charge in [-0.25, -0.2) is 0 Å². The molecule has 6 N–H and O–H groups in total. The summed E-state index contributed by atoms with van der Waals surface area (Å²) in [5, 5.41) is 42.0. The number of unbranched alkanes of at least 4 members (excludes halogenated alkanes) is 2. The third-order valence-electron chi connectivity index (χ3n) is 4.24. The summed E-state index contributed by atoms with van der Waals surface area (Å²) < 4.78 is 0. The fraction of sp³-hybridized carbons (Fsp3) is 0.263. The molecule has 0 saturated carbocycles. The smallest absolute Gasteiger partial charge is 0.423 e. The largest absolute Gasteiger partial charge is 0.488 e. The number of hydrogen-bond donors (Lipinski definition) is 6. The maximum atomic E-state index is 12.0. The van der Waals surface area contributed by atoms with Gasteiger partial charge in [-0.2, -0.15) is 0 Å². The number of nitrogens with one attached hydrogen (secondary N) is 2. The van der Waals surface area contributed by atoms with Gasteiger partial charge in [0.2, 0.25) is 11.8 Å². The van der Waals surface area contributed by atoms with Crippen molar-refractivity contribution in [1.82, 2.24) is 0 Å². The predicted molar refractivity (Wildman–Crippen MR) is 113 cm³/mol. The molecule has 0 atom stereocenters. The van der Waals surface area contributed by atoms with Gasteiger partial charge in [-0.15, -0.1) is 0 Å². The van der Waals surface area contributed by atoms with Crippen LogP contribution in [0.15, 0.2) is 48.5 Å². The predicted octanol–water partition coefficient (Wildman–Crippen LogP) is -0.426. The zero-order chi connectivity index (χ0) is 21.2. The van der Waals surface area contributed by atoms with Crippen molar-refractivity contribution in [2.45, 2.75) is 32.1 Å². The lowest BCUT2D eigenvalue weighted by atomic mass is 9.80. The number of hydrogen-bond acceptors (Lipinski definition) is 6. The summed E-state index contributed by atoms with van der Waals surface area (Å²) in [5.41, 5.74) is 1.59. The quantitative estimate of drug-likeness (QED) is 0.237. The molecule has 0 spiro atoms.